The second-order valence-electron chi connectivity index (χ2n) is 7.33. The molecule has 0 saturated carbocycles. The van der Waals surface area contributed by atoms with E-state index in [1.165, 1.54) is 0 Å². The van der Waals surface area contributed by atoms with Crippen LogP contribution in [0.25, 0.3) is 0 Å². The number of amides is 1. The maximum Gasteiger partial charge on any atom is 0.410 e. The van der Waals surface area contributed by atoms with Crippen molar-refractivity contribution in [1.82, 2.24) is 4.90 Å². The number of hydrogen-bond donors (Lipinski definition) is 1. The van der Waals surface area contributed by atoms with Crippen molar-refractivity contribution in [2.75, 3.05) is 26.7 Å². The predicted molar refractivity (Wildman–Crippen MR) is 84.2 cm³/mol. The Morgan fingerprint density at radius 2 is 2.00 bits per heavy atom. The van der Waals surface area contributed by atoms with Crippen LogP contribution in [-0.4, -0.2) is 48.9 Å². The summed E-state index contributed by atoms with van der Waals surface area (Å²) in [5, 5.41) is 0. The summed E-state index contributed by atoms with van der Waals surface area (Å²) in [6, 6.07) is 0. The number of nitrogens with zero attached hydrogens (tertiary/aromatic N) is 1. The first-order valence-corrected chi connectivity index (χ1v) is 7.92. The minimum absolute atomic E-state index is 0.194. The first kappa shape index (κ1) is 18.2. The lowest BCUT2D eigenvalue weighted by molar-refractivity contribution is -0.00464. The maximum atomic E-state index is 12.1. The fourth-order valence-electron chi connectivity index (χ4n) is 2.59. The summed E-state index contributed by atoms with van der Waals surface area (Å²) in [7, 11) is 1.71. The van der Waals surface area contributed by atoms with E-state index >= 15 is 0 Å². The van der Waals surface area contributed by atoms with Crippen LogP contribution in [0, 0.1) is 5.92 Å². The summed E-state index contributed by atoms with van der Waals surface area (Å²) < 4.78 is 10.9. The number of rotatable bonds is 5. The van der Waals surface area contributed by atoms with Crippen LogP contribution in [0.4, 0.5) is 4.79 Å². The Hall–Kier alpha value is -0.810. The van der Waals surface area contributed by atoms with Gasteiger partial charge in [0.25, 0.3) is 0 Å². The molecule has 1 saturated heterocycles. The maximum absolute atomic E-state index is 12.1. The fourth-order valence-corrected chi connectivity index (χ4v) is 2.59. The van der Waals surface area contributed by atoms with Gasteiger partial charge < -0.3 is 20.1 Å². The van der Waals surface area contributed by atoms with E-state index in [1.54, 1.807) is 7.11 Å². The van der Waals surface area contributed by atoms with Gasteiger partial charge in [-0.15, -0.1) is 0 Å². The molecule has 2 N–H and O–H groups in total. The number of carbonyl (C=O) groups excluding carboxylic acids is 1. The molecule has 2 unspecified atom stereocenters. The van der Waals surface area contributed by atoms with Crippen LogP contribution in [-0.2, 0) is 9.47 Å². The van der Waals surface area contributed by atoms with E-state index < -0.39 is 5.60 Å². The molecule has 0 aromatic heterocycles. The van der Waals surface area contributed by atoms with Crippen molar-refractivity contribution in [2.24, 2.45) is 11.7 Å². The molecule has 1 heterocycles. The van der Waals surface area contributed by atoms with Crippen LogP contribution in [0.3, 0.4) is 0 Å². The Labute approximate surface area is 129 Å². The summed E-state index contributed by atoms with van der Waals surface area (Å²) in [5.41, 5.74) is 5.08. The average Bonchev–Trinajstić information content (AvgIpc) is 2.43. The van der Waals surface area contributed by atoms with Crippen molar-refractivity contribution in [3.63, 3.8) is 0 Å². The highest BCUT2D eigenvalue weighted by molar-refractivity contribution is 5.68. The van der Waals surface area contributed by atoms with Crippen LogP contribution >= 0.6 is 0 Å². The monoisotopic (exact) mass is 300 g/mol. The van der Waals surface area contributed by atoms with E-state index in [0.717, 1.165) is 38.8 Å². The van der Waals surface area contributed by atoms with Crippen molar-refractivity contribution in [1.29, 1.82) is 0 Å². The highest BCUT2D eigenvalue weighted by Crippen LogP contribution is 2.26. The summed E-state index contributed by atoms with van der Waals surface area (Å²) in [4.78, 5) is 14.0. The molecule has 21 heavy (non-hydrogen) atoms. The minimum atomic E-state index is -0.432. The molecule has 1 amide bonds. The zero-order chi connectivity index (χ0) is 16.1. The van der Waals surface area contributed by atoms with Crippen LogP contribution in [0.1, 0.15) is 53.4 Å². The number of ether oxygens (including phenoxy) is 2. The molecule has 1 rings (SSSR count). The molecule has 2 atom stereocenters. The normalized spacial score (nSPS) is 22.8. The van der Waals surface area contributed by atoms with Gasteiger partial charge in [0, 0.05) is 26.7 Å². The van der Waals surface area contributed by atoms with Crippen LogP contribution in [0.5, 0.6) is 0 Å². The van der Waals surface area contributed by atoms with Crippen molar-refractivity contribution < 1.29 is 14.3 Å². The molecule has 1 fully saturated rings. The van der Waals surface area contributed by atoms with Gasteiger partial charge in [0.2, 0.25) is 0 Å². The summed E-state index contributed by atoms with van der Waals surface area (Å²) in [5.74, 6) is 0.507. The lowest BCUT2D eigenvalue weighted by Crippen LogP contribution is -2.43. The van der Waals surface area contributed by atoms with Crippen molar-refractivity contribution in [3.05, 3.63) is 0 Å². The van der Waals surface area contributed by atoms with Crippen molar-refractivity contribution >= 4 is 6.09 Å². The average molecular weight is 300 g/mol. The quantitative estimate of drug-likeness (QED) is 0.848. The van der Waals surface area contributed by atoms with Gasteiger partial charge in [-0.25, -0.2) is 4.79 Å². The molecule has 5 nitrogen and oxygen atoms in total. The van der Waals surface area contributed by atoms with Crippen molar-refractivity contribution in [3.8, 4) is 0 Å². The molecule has 0 aromatic carbocycles. The molecule has 0 aliphatic carbocycles. The SMILES string of the molecule is COC(C)(CN)CCC1CCCN(C(=O)OC(C)(C)C)C1. The van der Waals surface area contributed by atoms with Crippen molar-refractivity contribution in [2.45, 2.75) is 64.6 Å². The molecular formula is C16H32N2O3. The fraction of sp³-hybridized carbons (Fsp3) is 0.938. The van der Waals surface area contributed by atoms with Gasteiger partial charge in [-0.1, -0.05) is 0 Å². The molecule has 124 valence electrons. The number of hydrogen-bond acceptors (Lipinski definition) is 4. The van der Waals surface area contributed by atoms with Gasteiger partial charge in [0.05, 0.1) is 5.60 Å². The van der Waals surface area contributed by atoms with Gasteiger partial charge in [0.1, 0.15) is 5.60 Å². The largest absolute Gasteiger partial charge is 0.444 e. The van der Waals surface area contributed by atoms with E-state index in [2.05, 4.69) is 0 Å². The van der Waals surface area contributed by atoms with Crippen LogP contribution < -0.4 is 5.73 Å². The van der Waals surface area contributed by atoms with Gasteiger partial charge in [-0.05, 0) is 59.3 Å². The van der Waals surface area contributed by atoms with E-state index in [4.69, 9.17) is 15.2 Å². The highest BCUT2D eigenvalue weighted by Gasteiger charge is 2.29. The standard InChI is InChI=1S/C16H32N2O3/c1-15(2,3)21-14(19)18-10-6-7-13(11-18)8-9-16(4,12-17)20-5/h13H,6-12,17H2,1-5H3. The number of likely N-dealkylation sites (tertiary alicyclic amines) is 1. The van der Waals surface area contributed by atoms with Gasteiger partial charge in [0.15, 0.2) is 0 Å². The minimum Gasteiger partial charge on any atom is -0.444 e. The topological polar surface area (TPSA) is 64.8 Å². The lowest BCUT2D eigenvalue weighted by atomic mass is 9.88. The lowest BCUT2D eigenvalue weighted by Gasteiger charge is -2.35. The van der Waals surface area contributed by atoms with Crippen LogP contribution in [0.2, 0.25) is 0 Å². The third kappa shape index (κ3) is 6.22. The molecular weight excluding hydrogens is 268 g/mol. The smallest absolute Gasteiger partial charge is 0.410 e. The van der Waals surface area contributed by atoms with Crippen LogP contribution in [0.15, 0.2) is 0 Å². The molecule has 0 aromatic rings. The van der Waals surface area contributed by atoms with Gasteiger partial charge >= 0.3 is 6.09 Å². The number of carbonyl (C=O) groups is 1. The number of nitrogens with two attached hydrogens (primary N) is 1. The molecule has 0 radical (unpaired) electrons. The van der Waals surface area contributed by atoms with Gasteiger partial charge in [-0.3, -0.25) is 0 Å². The second kappa shape index (κ2) is 7.45. The van der Waals surface area contributed by atoms with E-state index in [1.807, 2.05) is 32.6 Å². The zero-order valence-electron chi connectivity index (χ0n) is 14.3. The third-order valence-corrected chi connectivity index (χ3v) is 4.18. The zero-order valence-corrected chi connectivity index (χ0v) is 14.3. The summed E-state index contributed by atoms with van der Waals surface area (Å²) in [6.07, 6.45) is 3.95. The second-order valence-corrected chi connectivity index (χ2v) is 7.33. The summed E-state index contributed by atoms with van der Waals surface area (Å²) in [6.45, 7) is 9.84. The predicted octanol–water partition coefficient (Wildman–Crippen LogP) is 2.78. The molecule has 1 aliphatic heterocycles. The van der Waals surface area contributed by atoms with E-state index in [9.17, 15) is 4.79 Å². The Morgan fingerprint density at radius 3 is 2.52 bits per heavy atom. The molecule has 0 spiro atoms. The first-order valence-electron chi connectivity index (χ1n) is 7.92. The van der Waals surface area contributed by atoms with Gasteiger partial charge in [-0.2, -0.15) is 0 Å². The highest BCUT2D eigenvalue weighted by atomic mass is 16.6. The van der Waals surface area contributed by atoms with E-state index in [-0.39, 0.29) is 11.7 Å². The Kier molecular flexibility index (Phi) is 6.47. The summed E-state index contributed by atoms with van der Waals surface area (Å²) >= 11 is 0. The first-order chi connectivity index (χ1) is 9.69. The molecule has 0 bridgehead atoms. The Morgan fingerprint density at radius 1 is 1.33 bits per heavy atom. The Bertz CT molecular complexity index is 335. The van der Waals surface area contributed by atoms with E-state index in [0.29, 0.717) is 12.5 Å². The number of piperidine rings is 1. The number of methoxy groups -OCH3 is 1. The molecule has 1 aliphatic rings. The molecule has 5 heteroatoms. The third-order valence-electron chi connectivity index (χ3n) is 4.18. The Balaban J connectivity index is 2.47.